The number of benzene rings is 2. The fraction of sp³-hybridized carbons (Fsp3) is 0.200. The van der Waals surface area contributed by atoms with E-state index < -0.39 is 0 Å². The van der Waals surface area contributed by atoms with Gasteiger partial charge >= 0.3 is 0 Å². The number of thioether (sulfide) groups is 1. The summed E-state index contributed by atoms with van der Waals surface area (Å²) in [5.41, 5.74) is 1.49. The molecule has 1 aliphatic rings. The first-order chi connectivity index (χ1) is 13.1. The maximum Gasteiger partial charge on any atom is 0.266 e. The summed E-state index contributed by atoms with van der Waals surface area (Å²) in [5, 5.41) is 1.16. The molecule has 0 unspecified atom stereocenters. The zero-order valence-electron chi connectivity index (χ0n) is 15.2. The van der Waals surface area contributed by atoms with Crippen molar-refractivity contribution in [2.75, 3.05) is 20.8 Å². The van der Waals surface area contributed by atoms with Gasteiger partial charge in [-0.3, -0.25) is 9.69 Å². The molecule has 0 aromatic heterocycles. The number of hydrogen-bond donors (Lipinski definition) is 0. The zero-order chi connectivity index (χ0) is 19.4. The number of aliphatic imine (C=N–C) groups is 1. The first-order valence-electron chi connectivity index (χ1n) is 8.34. The van der Waals surface area contributed by atoms with E-state index in [2.05, 4.69) is 4.99 Å². The van der Waals surface area contributed by atoms with Gasteiger partial charge in [0.05, 0.1) is 29.8 Å². The van der Waals surface area contributed by atoms with Crippen LogP contribution in [0.3, 0.4) is 0 Å². The van der Waals surface area contributed by atoms with Crippen LogP contribution in [-0.2, 0) is 4.79 Å². The van der Waals surface area contributed by atoms with Gasteiger partial charge in [-0.15, -0.1) is 0 Å². The van der Waals surface area contributed by atoms with Crippen molar-refractivity contribution in [3.8, 4) is 11.5 Å². The molecule has 5 nitrogen and oxygen atoms in total. The number of para-hydroxylation sites is 1. The van der Waals surface area contributed by atoms with Gasteiger partial charge in [0.25, 0.3) is 5.91 Å². The lowest BCUT2D eigenvalue weighted by Gasteiger charge is -2.12. The molecule has 1 aliphatic heterocycles. The van der Waals surface area contributed by atoms with Crippen molar-refractivity contribution < 1.29 is 14.3 Å². The lowest BCUT2D eigenvalue weighted by molar-refractivity contribution is -0.122. The van der Waals surface area contributed by atoms with Crippen LogP contribution in [0.4, 0.5) is 5.69 Å². The van der Waals surface area contributed by atoms with E-state index in [-0.39, 0.29) is 5.91 Å². The summed E-state index contributed by atoms with van der Waals surface area (Å²) in [6, 6.07) is 12.8. The fourth-order valence-electron chi connectivity index (χ4n) is 2.61. The van der Waals surface area contributed by atoms with Gasteiger partial charge in [0.1, 0.15) is 0 Å². The molecule has 7 heteroatoms. The molecule has 1 amide bonds. The van der Waals surface area contributed by atoms with Gasteiger partial charge in [0.2, 0.25) is 0 Å². The molecule has 0 saturated carbocycles. The van der Waals surface area contributed by atoms with E-state index in [0.29, 0.717) is 38.8 Å². The van der Waals surface area contributed by atoms with E-state index in [1.54, 1.807) is 25.2 Å². The molecule has 0 bridgehead atoms. The third-order valence-electron chi connectivity index (χ3n) is 3.98. The number of halogens is 1. The van der Waals surface area contributed by atoms with Crippen molar-refractivity contribution >= 4 is 46.2 Å². The minimum absolute atomic E-state index is 0.0805. The molecule has 0 N–H and O–H groups in total. The maximum atomic E-state index is 12.8. The van der Waals surface area contributed by atoms with Gasteiger partial charge in [-0.25, -0.2) is 4.99 Å². The quantitative estimate of drug-likeness (QED) is 0.662. The molecule has 27 heavy (non-hydrogen) atoms. The van der Waals surface area contributed by atoms with Crippen LogP contribution >= 0.6 is 23.4 Å². The highest BCUT2D eigenvalue weighted by Crippen LogP contribution is 2.36. The lowest BCUT2D eigenvalue weighted by Crippen LogP contribution is -2.28. The predicted octanol–water partition coefficient (Wildman–Crippen LogP) is 4.98. The van der Waals surface area contributed by atoms with Gasteiger partial charge in [-0.05, 0) is 54.6 Å². The number of rotatable bonds is 5. The summed E-state index contributed by atoms with van der Waals surface area (Å²) in [4.78, 5) is 19.6. The molecule has 140 valence electrons. The highest BCUT2D eigenvalue weighted by atomic mass is 35.5. The van der Waals surface area contributed by atoms with Crippen LogP contribution in [-0.4, -0.2) is 36.7 Å². The number of methoxy groups -OCH3 is 2. The highest BCUT2D eigenvalue weighted by Gasteiger charge is 2.32. The van der Waals surface area contributed by atoms with Crippen molar-refractivity contribution in [1.29, 1.82) is 0 Å². The van der Waals surface area contributed by atoms with Crippen molar-refractivity contribution in [3.05, 3.63) is 58.0 Å². The van der Waals surface area contributed by atoms with Gasteiger partial charge in [-0.1, -0.05) is 29.8 Å². The second-order valence-electron chi connectivity index (χ2n) is 5.62. The molecule has 1 heterocycles. The Bertz CT molecular complexity index is 927. The summed E-state index contributed by atoms with van der Waals surface area (Å²) in [6.45, 7) is 2.44. The molecule has 0 spiro atoms. The van der Waals surface area contributed by atoms with Gasteiger partial charge in [-0.2, -0.15) is 0 Å². The topological polar surface area (TPSA) is 51.1 Å². The second-order valence-corrected chi connectivity index (χ2v) is 7.04. The summed E-state index contributed by atoms with van der Waals surface area (Å²) in [5.74, 6) is 1.17. The Labute approximate surface area is 167 Å². The van der Waals surface area contributed by atoms with Crippen LogP contribution in [0.5, 0.6) is 11.5 Å². The van der Waals surface area contributed by atoms with Crippen LogP contribution in [0.25, 0.3) is 6.08 Å². The Morgan fingerprint density at radius 2 is 1.89 bits per heavy atom. The third kappa shape index (κ3) is 4.12. The summed E-state index contributed by atoms with van der Waals surface area (Å²) < 4.78 is 10.6. The average molecular weight is 403 g/mol. The maximum absolute atomic E-state index is 12.8. The van der Waals surface area contributed by atoms with Crippen LogP contribution < -0.4 is 9.47 Å². The van der Waals surface area contributed by atoms with E-state index in [1.807, 2.05) is 49.4 Å². The fourth-order valence-corrected chi connectivity index (χ4v) is 3.84. The molecule has 2 aromatic rings. The Morgan fingerprint density at radius 1 is 1.15 bits per heavy atom. The molecular weight excluding hydrogens is 384 g/mol. The molecule has 0 radical (unpaired) electrons. The monoisotopic (exact) mass is 402 g/mol. The van der Waals surface area contributed by atoms with Crippen molar-refractivity contribution in [2.45, 2.75) is 6.92 Å². The minimum Gasteiger partial charge on any atom is -0.493 e. The summed E-state index contributed by atoms with van der Waals surface area (Å²) >= 11 is 7.53. The van der Waals surface area contributed by atoms with E-state index in [4.69, 9.17) is 21.1 Å². The first kappa shape index (κ1) is 19.3. The molecule has 1 fully saturated rings. The third-order valence-corrected chi connectivity index (χ3v) is 5.30. The van der Waals surface area contributed by atoms with Crippen LogP contribution in [0.2, 0.25) is 5.02 Å². The largest absolute Gasteiger partial charge is 0.493 e. The number of nitrogens with zero attached hydrogens (tertiary/aromatic N) is 2. The molecule has 1 saturated heterocycles. The van der Waals surface area contributed by atoms with Gasteiger partial charge in [0, 0.05) is 6.54 Å². The van der Waals surface area contributed by atoms with Crippen molar-refractivity contribution in [2.24, 2.45) is 4.99 Å². The highest BCUT2D eigenvalue weighted by molar-refractivity contribution is 8.18. The number of amides is 1. The first-order valence-corrected chi connectivity index (χ1v) is 9.53. The Hall–Kier alpha value is -2.44. The van der Waals surface area contributed by atoms with Crippen LogP contribution in [0.1, 0.15) is 12.5 Å². The molecule has 3 rings (SSSR count). The number of likely N-dealkylation sites (N-methyl/N-ethyl adjacent to an activating group) is 1. The number of ether oxygens (including phenoxy) is 2. The van der Waals surface area contributed by atoms with Crippen LogP contribution in [0.15, 0.2) is 52.4 Å². The normalized spacial score (nSPS) is 17.0. The standard InChI is InChI=1S/C20H19ClN2O3S/c1-4-23-19(24)18(12-13-9-10-16(25-2)17(11-13)26-3)27-20(23)22-15-8-6-5-7-14(15)21/h5-12H,4H2,1-3H3/b18-12+,22-20?. The van der Waals surface area contributed by atoms with Gasteiger partial charge < -0.3 is 9.47 Å². The van der Waals surface area contributed by atoms with E-state index in [1.165, 1.54) is 11.8 Å². The predicted molar refractivity (Wildman–Crippen MR) is 111 cm³/mol. The van der Waals surface area contributed by atoms with Crippen molar-refractivity contribution in [3.63, 3.8) is 0 Å². The Morgan fingerprint density at radius 3 is 2.56 bits per heavy atom. The molecule has 0 aliphatic carbocycles. The average Bonchev–Trinajstić information content (AvgIpc) is 2.97. The SMILES string of the molecule is CCN1C(=O)/C(=C\c2ccc(OC)c(OC)c2)SC1=Nc1ccccc1Cl. The summed E-state index contributed by atoms with van der Waals surface area (Å²) in [6.07, 6.45) is 1.83. The number of amidine groups is 1. The Balaban J connectivity index is 1.95. The second kappa shape index (κ2) is 8.50. The zero-order valence-corrected chi connectivity index (χ0v) is 16.8. The van der Waals surface area contributed by atoms with E-state index >= 15 is 0 Å². The molecule has 0 atom stereocenters. The minimum atomic E-state index is -0.0805. The number of carbonyl (C=O) groups excluding carboxylic acids is 1. The number of hydrogen-bond acceptors (Lipinski definition) is 5. The van der Waals surface area contributed by atoms with Gasteiger partial charge in [0.15, 0.2) is 16.7 Å². The smallest absolute Gasteiger partial charge is 0.266 e. The number of carbonyl (C=O) groups is 1. The van der Waals surface area contributed by atoms with Crippen LogP contribution in [0, 0.1) is 0 Å². The van der Waals surface area contributed by atoms with E-state index in [0.717, 1.165) is 5.56 Å². The lowest BCUT2D eigenvalue weighted by atomic mass is 10.2. The van der Waals surface area contributed by atoms with E-state index in [9.17, 15) is 4.79 Å². The molecular formula is C20H19ClN2O3S. The molecule has 2 aromatic carbocycles. The van der Waals surface area contributed by atoms with Crippen molar-refractivity contribution in [1.82, 2.24) is 4.90 Å². The summed E-state index contributed by atoms with van der Waals surface area (Å²) in [7, 11) is 3.17. The Kier molecular flexibility index (Phi) is 6.08.